The molecule has 0 aromatic heterocycles. The Hall–Kier alpha value is -2.04. The Bertz CT molecular complexity index is 500. The minimum Gasteiger partial charge on any atom is -0.480 e. The van der Waals surface area contributed by atoms with Gasteiger partial charge in [0, 0.05) is 5.69 Å². The number of carboxylic acid groups (broad SMARTS) is 1. The van der Waals surface area contributed by atoms with Gasteiger partial charge in [0.2, 0.25) is 0 Å². The fourth-order valence-corrected chi connectivity index (χ4v) is 1.87. The third kappa shape index (κ3) is 3.98. The van der Waals surface area contributed by atoms with Gasteiger partial charge in [0.15, 0.2) is 0 Å². The molecule has 0 heterocycles. The molecule has 2 atom stereocenters. The van der Waals surface area contributed by atoms with E-state index in [2.05, 4.69) is 10.6 Å². The molecule has 2 amide bonds. The van der Waals surface area contributed by atoms with Gasteiger partial charge in [0.05, 0.1) is 0 Å². The van der Waals surface area contributed by atoms with Crippen LogP contribution in [0, 0.1) is 19.8 Å². The molecule has 5 nitrogen and oxygen atoms in total. The number of carbonyl (C=O) groups excluding carboxylic acids is 1. The van der Waals surface area contributed by atoms with Crippen LogP contribution in [-0.4, -0.2) is 23.1 Å². The number of amides is 2. The summed E-state index contributed by atoms with van der Waals surface area (Å²) < 4.78 is 0. The van der Waals surface area contributed by atoms with Crippen LogP contribution in [0.2, 0.25) is 0 Å². The molecule has 20 heavy (non-hydrogen) atoms. The van der Waals surface area contributed by atoms with Crippen LogP contribution in [0.3, 0.4) is 0 Å². The molecule has 1 aromatic carbocycles. The largest absolute Gasteiger partial charge is 0.480 e. The van der Waals surface area contributed by atoms with E-state index >= 15 is 0 Å². The number of aryl methyl sites for hydroxylation is 1. The highest BCUT2D eigenvalue weighted by Crippen LogP contribution is 2.18. The highest BCUT2D eigenvalue weighted by atomic mass is 16.4. The monoisotopic (exact) mass is 278 g/mol. The number of carbonyl (C=O) groups is 2. The van der Waals surface area contributed by atoms with E-state index in [0.29, 0.717) is 12.1 Å². The minimum atomic E-state index is -1.02. The van der Waals surface area contributed by atoms with Gasteiger partial charge in [-0.3, -0.25) is 0 Å². The average Bonchev–Trinajstić information content (AvgIpc) is 2.40. The molecule has 5 heteroatoms. The van der Waals surface area contributed by atoms with Crippen LogP contribution in [0.25, 0.3) is 0 Å². The number of nitrogens with one attached hydrogen (secondary N) is 2. The Morgan fingerprint density at radius 3 is 2.50 bits per heavy atom. The molecule has 0 radical (unpaired) electrons. The SMILES string of the molecule is CC[C@@H](C)[C@H](NC(=O)Nc1cccc(C)c1C)C(=O)O. The van der Waals surface area contributed by atoms with Crippen molar-refractivity contribution in [3.63, 3.8) is 0 Å². The van der Waals surface area contributed by atoms with E-state index in [1.54, 1.807) is 13.0 Å². The van der Waals surface area contributed by atoms with Crippen molar-refractivity contribution in [3.8, 4) is 0 Å². The summed E-state index contributed by atoms with van der Waals surface area (Å²) in [5, 5.41) is 14.4. The number of anilines is 1. The first-order valence-electron chi connectivity index (χ1n) is 6.73. The van der Waals surface area contributed by atoms with Gasteiger partial charge < -0.3 is 15.7 Å². The van der Waals surface area contributed by atoms with Gasteiger partial charge >= 0.3 is 12.0 Å². The topological polar surface area (TPSA) is 78.4 Å². The Morgan fingerprint density at radius 1 is 1.30 bits per heavy atom. The lowest BCUT2D eigenvalue weighted by Crippen LogP contribution is -2.46. The number of urea groups is 1. The van der Waals surface area contributed by atoms with Gasteiger partial charge in [-0.25, -0.2) is 9.59 Å². The van der Waals surface area contributed by atoms with Crippen molar-refractivity contribution < 1.29 is 14.7 Å². The maximum Gasteiger partial charge on any atom is 0.326 e. The second-order valence-electron chi connectivity index (χ2n) is 5.05. The molecule has 0 aliphatic rings. The van der Waals surface area contributed by atoms with Crippen molar-refractivity contribution in [3.05, 3.63) is 29.3 Å². The van der Waals surface area contributed by atoms with Gasteiger partial charge in [-0.05, 0) is 37.0 Å². The first kappa shape index (κ1) is 16.0. The van der Waals surface area contributed by atoms with Gasteiger partial charge in [0.25, 0.3) is 0 Å². The van der Waals surface area contributed by atoms with E-state index in [1.165, 1.54) is 0 Å². The maximum absolute atomic E-state index is 11.9. The molecule has 0 bridgehead atoms. The Labute approximate surface area is 119 Å². The first-order chi connectivity index (χ1) is 9.36. The summed E-state index contributed by atoms with van der Waals surface area (Å²) in [5.41, 5.74) is 2.73. The molecule has 0 spiro atoms. The molecule has 1 aromatic rings. The van der Waals surface area contributed by atoms with Crippen molar-refractivity contribution in [1.82, 2.24) is 5.32 Å². The number of carboxylic acids is 1. The number of benzene rings is 1. The number of hydrogen-bond donors (Lipinski definition) is 3. The lowest BCUT2D eigenvalue weighted by Gasteiger charge is -2.20. The lowest BCUT2D eigenvalue weighted by molar-refractivity contribution is -0.140. The van der Waals surface area contributed by atoms with Crippen LogP contribution in [0.15, 0.2) is 18.2 Å². The Kier molecular flexibility index (Phi) is 5.55. The fourth-order valence-electron chi connectivity index (χ4n) is 1.87. The third-order valence-electron chi connectivity index (χ3n) is 3.62. The molecule has 1 rings (SSSR count). The second-order valence-corrected chi connectivity index (χ2v) is 5.05. The Morgan fingerprint density at radius 2 is 1.95 bits per heavy atom. The van der Waals surface area contributed by atoms with Crippen molar-refractivity contribution in [2.75, 3.05) is 5.32 Å². The highest BCUT2D eigenvalue weighted by Gasteiger charge is 2.25. The highest BCUT2D eigenvalue weighted by molar-refractivity contribution is 5.93. The van der Waals surface area contributed by atoms with Crippen molar-refractivity contribution in [2.24, 2.45) is 5.92 Å². The van der Waals surface area contributed by atoms with Crippen molar-refractivity contribution >= 4 is 17.7 Å². The van der Waals surface area contributed by atoms with Crippen LogP contribution >= 0.6 is 0 Å². The molecule has 3 N–H and O–H groups in total. The summed E-state index contributed by atoms with van der Waals surface area (Å²) in [6, 6.07) is 4.22. The molecule has 0 saturated carbocycles. The molecule has 110 valence electrons. The van der Waals surface area contributed by atoms with Crippen molar-refractivity contribution in [2.45, 2.75) is 40.2 Å². The van der Waals surface area contributed by atoms with E-state index in [4.69, 9.17) is 5.11 Å². The third-order valence-corrected chi connectivity index (χ3v) is 3.62. The average molecular weight is 278 g/mol. The van der Waals surface area contributed by atoms with Gasteiger partial charge in [-0.2, -0.15) is 0 Å². The van der Waals surface area contributed by atoms with Crippen LogP contribution in [-0.2, 0) is 4.79 Å². The maximum atomic E-state index is 11.9. The van der Waals surface area contributed by atoms with Gasteiger partial charge in [0.1, 0.15) is 6.04 Å². The standard InChI is InChI=1S/C15H22N2O3/c1-5-9(2)13(14(18)19)17-15(20)16-12-8-6-7-10(3)11(12)4/h6-9,13H,5H2,1-4H3,(H,18,19)(H2,16,17,20)/t9-,13+/m1/s1. The van der Waals surface area contributed by atoms with Crippen molar-refractivity contribution in [1.29, 1.82) is 0 Å². The Balaban J connectivity index is 2.76. The fraction of sp³-hybridized carbons (Fsp3) is 0.467. The van der Waals surface area contributed by atoms with Crippen LogP contribution in [0.4, 0.5) is 10.5 Å². The smallest absolute Gasteiger partial charge is 0.326 e. The van der Waals surface area contributed by atoms with Crippen LogP contribution in [0.5, 0.6) is 0 Å². The molecule has 0 saturated heterocycles. The van der Waals surface area contributed by atoms with E-state index in [1.807, 2.05) is 32.9 Å². The van der Waals surface area contributed by atoms with E-state index in [-0.39, 0.29) is 5.92 Å². The summed E-state index contributed by atoms with van der Waals surface area (Å²) in [4.78, 5) is 23.1. The molecular weight excluding hydrogens is 256 g/mol. The second kappa shape index (κ2) is 6.93. The quantitative estimate of drug-likeness (QED) is 0.775. The molecule has 0 unspecified atom stereocenters. The summed E-state index contributed by atoms with van der Waals surface area (Å²) >= 11 is 0. The van der Waals surface area contributed by atoms with Gasteiger partial charge in [-0.1, -0.05) is 32.4 Å². The summed E-state index contributed by atoms with van der Waals surface area (Å²) in [5.74, 6) is -1.15. The summed E-state index contributed by atoms with van der Waals surface area (Å²) in [6.45, 7) is 7.56. The number of rotatable bonds is 5. The summed E-state index contributed by atoms with van der Waals surface area (Å²) in [6.07, 6.45) is 0.681. The number of hydrogen-bond acceptors (Lipinski definition) is 2. The molecule has 0 aliphatic carbocycles. The molecule has 0 aliphatic heterocycles. The van der Waals surface area contributed by atoms with E-state index < -0.39 is 18.0 Å². The zero-order chi connectivity index (χ0) is 15.3. The number of aliphatic carboxylic acids is 1. The lowest BCUT2D eigenvalue weighted by atomic mass is 9.99. The minimum absolute atomic E-state index is 0.128. The predicted octanol–water partition coefficient (Wildman–Crippen LogP) is 2.92. The van der Waals surface area contributed by atoms with Crippen LogP contribution < -0.4 is 10.6 Å². The normalized spacial score (nSPS) is 13.4. The van der Waals surface area contributed by atoms with Gasteiger partial charge in [-0.15, -0.1) is 0 Å². The predicted molar refractivity (Wildman–Crippen MR) is 78.9 cm³/mol. The molecule has 0 fully saturated rings. The zero-order valence-corrected chi connectivity index (χ0v) is 12.4. The first-order valence-corrected chi connectivity index (χ1v) is 6.73. The van der Waals surface area contributed by atoms with E-state index in [9.17, 15) is 9.59 Å². The molecular formula is C15H22N2O3. The van der Waals surface area contributed by atoms with Crippen LogP contribution in [0.1, 0.15) is 31.4 Å². The van der Waals surface area contributed by atoms with E-state index in [0.717, 1.165) is 11.1 Å². The summed E-state index contributed by atoms with van der Waals surface area (Å²) in [7, 11) is 0. The zero-order valence-electron chi connectivity index (χ0n) is 12.4.